The fourth-order valence-electron chi connectivity index (χ4n) is 1.86. The summed E-state index contributed by atoms with van der Waals surface area (Å²) in [6.45, 7) is 3.64. The topological polar surface area (TPSA) is 72.2 Å². The number of rotatable bonds is 5. The minimum atomic E-state index is -3.64. The average Bonchev–Trinajstić information content (AvgIpc) is 2.91. The number of nitrogens with two attached hydrogens (primary N) is 1. The van der Waals surface area contributed by atoms with E-state index in [4.69, 9.17) is 5.73 Å². The lowest BCUT2D eigenvalue weighted by Crippen LogP contribution is -2.26. The molecule has 0 aliphatic heterocycles. The molecule has 1 heterocycles. The Hall–Kier alpha value is -1.28. The summed E-state index contributed by atoms with van der Waals surface area (Å²) in [5.41, 5.74) is 6.59. The summed E-state index contributed by atoms with van der Waals surface area (Å²) < 4.78 is 40.6. The number of sulfonamides is 1. The summed E-state index contributed by atoms with van der Waals surface area (Å²) in [6, 6.07) is 5.72. The van der Waals surface area contributed by atoms with E-state index in [0.717, 1.165) is 4.88 Å². The van der Waals surface area contributed by atoms with Crippen LogP contribution in [0.5, 0.6) is 0 Å². The molecular formula is C14H17FN2O2S2. The molecule has 0 aliphatic carbocycles. The van der Waals surface area contributed by atoms with Crippen molar-refractivity contribution in [3.63, 3.8) is 0 Å². The summed E-state index contributed by atoms with van der Waals surface area (Å²) >= 11 is 1.30. The van der Waals surface area contributed by atoms with E-state index in [-0.39, 0.29) is 10.7 Å². The average molecular weight is 328 g/mol. The number of thiophene rings is 1. The van der Waals surface area contributed by atoms with E-state index in [0.29, 0.717) is 17.7 Å². The molecule has 1 aromatic carbocycles. The predicted molar refractivity (Wildman–Crippen MR) is 82.1 cm³/mol. The Bertz CT molecular complexity index is 741. The first kappa shape index (κ1) is 16.1. The molecule has 0 bridgehead atoms. The molecule has 0 saturated carbocycles. The summed E-state index contributed by atoms with van der Waals surface area (Å²) in [4.78, 5) is 0.983. The third kappa shape index (κ3) is 3.68. The van der Waals surface area contributed by atoms with Gasteiger partial charge in [-0.1, -0.05) is 12.1 Å². The first-order valence-corrected chi connectivity index (χ1v) is 8.75. The third-order valence-corrected chi connectivity index (χ3v) is 5.80. The second kappa shape index (κ2) is 6.23. The standard InChI is InChI=1S/C14H17FN2O2S2/c1-9-3-4-11(5-14(9)15)10(2)17-21(18,19)13-6-12(7-16)20-8-13/h3-6,8,10,17H,7,16H2,1-2H3. The van der Waals surface area contributed by atoms with Crippen molar-refractivity contribution < 1.29 is 12.8 Å². The van der Waals surface area contributed by atoms with Gasteiger partial charge < -0.3 is 5.73 Å². The number of hydrogen-bond acceptors (Lipinski definition) is 4. The Balaban J connectivity index is 2.21. The van der Waals surface area contributed by atoms with Gasteiger partial charge in [-0.3, -0.25) is 0 Å². The van der Waals surface area contributed by atoms with Crippen molar-refractivity contribution in [2.24, 2.45) is 5.73 Å². The normalized spacial score (nSPS) is 13.3. The monoisotopic (exact) mass is 328 g/mol. The van der Waals surface area contributed by atoms with Crippen LogP contribution in [0.3, 0.4) is 0 Å². The molecule has 0 saturated heterocycles. The van der Waals surface area contributed by atoms with Gasteiger partial charge in [0.15, 0.2) is 0 Å². The van der Waals surface area contributed by atoms with Crippen molar-refractivity contribution in [3.8, 4) is 0 Å². The molecule has 0 fully saturated rings. The number of benzene rings is 1. The van der Waals surface area contributed by atoms with Crippen LogP contribution in [0.25, 0.3) is 0 Å². The smallest absolute Gasteiger partial charge is 0.241 e. The molecule has 0 amide bonds. The van der Waals surface area contributed by atoms with Gasteiger partial charge in [0.25, 0.3) is 0 Å². The lowest BCUT2D eigenvalue weighted by Gasteiger charge is -2.14. The molecule has 0 aliphatic rings. The van der Waals surface area contributed by atoms with Crippen LogP contribution in [0.1, 0.15) is 29.0 Å². The number of aryl methyl sites for hydroxylation is 1. The molecule has 114 valence electrons. The maximum absolute atomic E-state index is 13.6. The highest BCUT2D eigenvalue weighted by atomic mass is 32.2. The summed E-state index contributed by atoms with van der Waals surface area (Å²) in [5, 5.41) is 1.55. The number of halogens is 1. The highest BCUT2D eigenvalue weighted by Gasteiger charge is 2.20. The van der Waals surface area contributed by atoms with Crippen LogP contribution in [0.2, 0.25) is 0 Å². The molecule has 1 atom stereocenters. The van der Waals surface area contributed by atoms with Crippen LogP contribution in [0.4, 0.5) is 4.39 Å². The molecule has 4 nitrogen and oxygen atoms in total. The Morgan fingerprint density at radius 2 is 2.10 bits per heavy atom. The molecule has 0 radical (unpaired) electrons. The van der Waals surface area contributed by atoms with E-state index in [2.05, 4.69) is 4.72 Å². The van der Waals surface area contributed by atoms with Gasteiger partial charge in [0.05, 0.1) is 4.90 Å². The van der Waals surface area contributed by atoms with Crippen molar-refractivity contribution >= 4 is 21.4 Å². The van der Waals surface area contributed by atoms with E-state index in [1.807, 2.05) is 0 Å². The van der Waals surface area contributed by atoms with Gasteiger partial charge in [-0.15, -0.1) is 11.3 Å². The van der Waals surface area contributed by atoms with Gasteiger partial charge in [-0.25, -0.2) is 17.5 Å². The van der Waals surface area contributed by atoms with Gasteiger partial charge in [-0.2, -0.15) is 0 Å². The van der Waals surface area contributed by atoms with Gasteiger partial charge in [0, 0.05) is 22.8 Å². The Morgan fingerprint density at radius 1 is 1.38 bits per heavy atom. The number of hydrogen-bond donors (Lipinski definition) is 2. The van der Waals surface area contributed by atoms with Gasteiger partial charge in [0.2, 0.25) is 10.0 Å². The molecule has 1 unspecified atom stereocenters. The predicted octanol–water partition coefficient (Wildman–Crippen LogP) is 2.69. The Kier molecular flexibility index (Phi) is 4.77. The first-order valence-electron chi connectivity index (χ1n) is 6.39. The second-order valence-corrected chi connectivity index (χ2v) is 7.51. The van der Waals surface area contributed by atoms with Crippen LogP contribution in [0, 0.1) is 12.7 Å². The molecule has 7 heteroatoms. The molecule has 21 heavy (non-hydrogen) atoms. The number of nitrogens with one attached hydrogen (secondary N) is 1. The van der Waals surface area contributed by atoms with E-state index >= 15 is 0 Å². The maximum Gasteiger partial charge on any atom is 0.241 e. The molecule has 1 aromatic heterocycles. The Labute approximate surface area is 127 Å². The first-order chi connectivity index (χ1) is 9.83. The fraction of sp³-hybridized carbons (Fsp3) is 0.286. The lowest BCUT2D eigenvalue weighted by atomic mass is 10.1. The zero-order valence-corrected chi connectivity index (χ0v) is 13.4. The zero-order valence-electron chi connectivity index (χ0n) is 11.8. The van der Waals surface area contributed by atoms with E-state index in [1.165, 1.54) is 17.4 Å². The largest absolute Gasteiger partial charge is 0.326 e. The highest BCUT2D eigenvalue weighted by Crippen LogP contribution is 2.22. The molecule has 2 aromatic rings. The third-order valence-electron chi connectivity index (χ3n) is 3.17. The van der Waals surface area contributed by atoms with Crippen molar-refractivity contribution in [2.45, 2.75) is 31.3 Å². The van der Waals surface area contributed by atoms with Crippen molar-refractivity contribution in [1.82, 2.24) is 4.72 Å². The van der Waals surface area contributed by atoms with Crippen LogP contribution >= 0.6 is 11.3 Å². The van der Waals surface area contributed by atoms with E-state index in [9.17, 15) is 12.8 Å². The SMILES string of the molecule is Cc1ccc(C(C)NS(=O)(=O)c2csc(CN)c2)cc1F. The second-order valence-electron chi connectivity index (χ2n) is 4.80. The van der Waals surface area contributed by atoms with Crippen molar-refractivity contribution in [3.05, 3.63) is 51.5 Å². The lowest BCUT2D eigenvalue weighted by molar-refractivity contribution is 0.564. The molecule has 3 N–H and O–H groups in total. The zero-order chi connectivity index (χ0) is 15.6. The summed E-state index contributed by atoms with van der Waals surface area (Å²) in [6.07, 6.45) is 0. The minimum Gasteiger partial charge on any atom is -0.326 e. The highest BCUT2D eigenvalue weighted by molar-refractivity contribution is 7.89. The molecule has 2 rings (SSSR count). The van der Waals surface area contributed by atoms with Crippen LogP contribution in [0.15, 0.2) is 34.5 Å². The maximum atomic E-state index is 13.6. The van der Waals surface area contributed by atoms with Crippen LogP contribution in [-0.4, -0.2) is 8.42 Å². The van der Waals surface area contributed by atoms with Gasteiger partial charge in [-0.05, 0) is 37.1 Å². The fourth-order valence-corrected chi connectivity index (χ4v) is 4.24. The minimum absolute atomic E-state index is 0.187. The molecule has 0 spiro atoms. The summed E-state index contributed by atoms with van der Waals surface area (Å²) in [7, 11) is -3.64. The van der Waals surface area contributed by atoms with E-state index < -0.39 is 16.1 Å². The van der Waals surface area contributed by atoms with Crippen LogP contribution < -0.4 is 10.5 Å². The van der Waals surface area contributed by atoms with E-state index in [1.54, 1.807) is 37.4 Å². The van der Waals surface area contributed by atoms with Gasteiger partial charge >= 0.3 is 0 Å². The van der Waals surface area contributed by atoms with Gasteiger partial charge in [0.1, 0.15) is 5.82 Å². The Morgan fingerprint density at radius 3 is 2.67 bits per heavy atom. The summed E-state index contributed by atoms with van der Waals surface area (Å²) in [5.74, 6) is -0.348. The molecular weight excluding hydrogens is 311 g/mol. The van der Waals surface area contributed by atoms with Crippen molar-refractivity contribution in [1.29, 1.82) is 0 Å². The van der Waals surface area contributed by atoms with Crippen LogP contribution in [-0.2, 0) is 16.6 Å². The van der Waals surface area contributed by atoms with Crippen molar-refractivity contribution in [2.75, 3.05) is 0 Å². The quantitative estimate of drug-likeness (QED) is 0.886.